The van der Waals surface area contributed by atoms with Gasteiger partial charge in [-0.2, -0.15) is 0 Å². The second kappa shape index (κ2) is 3.85. The van der Waals surface area contributed by atoms with Gasteiger partial charge in [0.2, 0.25) is 0 Å². The number of hydrogen-bond donors (Lipinski definition) is 0. The molecule has 0 saturated heterocycles. The van der Waals surface area contributed by atoms with Gasteiger partial charge >= 0.3 is 0 Å². The van der Waals surface area contributed by atoms with Crippen molar-refractivity contribution in [1.29, 1.82) is 0 Å². The van der Waals surface area contributed by atoms with Crippen LogP contribution in [0.4, 0.5) is 0 Å². The lowest BCUT2D eigenvalue weighted by molar-refractivity contribution is 0.208. The lowest BCUT2D eigenvalue weighted by atomic mass is 9.75. The van der Waals surface area contributed by atoms with Crippen molar-refractivity contribution in [3.63, 3.8) is 0 Å². The summed E-state index contributed by atoms with van der Waals surface area (Å²) in [5.74, 6) is 1.11. The zero-order chi connectivity index (χ0) is 8.44. The summed E-state index contributed by atoms with van der Waals surface area (Å²) >= 11 is 2.63. The molecule has 70 valence electrons. The molecule has 1 heteroatoms. The van der Waals surface area contributed by atoms with E-state index in [-0.39, 0.29) is 0 Å². The van der Waals surface area contributed by atoms with E-state index in [9.17, 15) is 0 Å². The third kappa shape index (κ3) is 1.53. The molecule has 0 aromatic carbocycles. The maximum atomic E-state index is 2.63. The summed E-state index contributed by atoms with van der Waals surface area (Å²) in [6.07, 6.45) is 12.2. The molecule has 0 spiro atoms. The third-order valence-corrected chi connectivity index (χ3v) is 5.61. The lowest BCUT2D eigenvalue weighted by Crippen LogP contribution is -2.27. The van der Waals surface area contributed by atoms with Gasteiger partial charge < -0.3 is 0 Å². The van der Waals surface area contributed by atoms with Crippen LogP contribution in [-0.4, -0.2) is 4.43 Å². The molecule has 0 radical (unpaired) electrons. The van der Waals surface area contributed by atoms with Crippen LogP contribution < -0.4 is 0 Å². The van der Waals surface area contributed by atoms with Gasteiger partial charge in [0, 0.05) is 4.43 Å². The minimum absolute atomic E-state index is 0.803. The van der Waals surface area contributed by atoms with Crippen LogP contribution in [0.25, 0.3) is 0 Å². The molecule has 0 aliphatic heterocycles. The van der Waals surface area contributed by atoms with Crippen molar-refractivity contribution >= 4 is 22.6 Å². The SMILES string of the molecule is ICC1(C2CCCC2)CCCC1. The van der Waals surface area contributed by atoms with Crippen molar-refractivity contribution < 1.29 is 0 Å². The largest absolute Gasteiger partial charge is 0.0858 e. The molecule has 0 aromatic heterocycles. The summed E-state index contributed by atoms with van der Waals surface area (Å²) < 4.78 is 1.43. The van der Waals surface area contributed by atoms with Gasteiger partial charge in [0.25, 0.3) is 0 Å². The maximum absolute atomic E-state index is 2.63. The predicted octanol–water partition coefficient (Wildman–Crippen LogP) is 4.17. The highest BCUT2D eigenvalue weighted by molar-refractivity contribution is 14.1. The summed E-state index contributed by atoms with van der Waals surface area (Å²) in [6.45, 7) is 0. The van der Waals surface area contributed by atoms with Crippen LogP contribution in [0.5, 0.6) is 0 Å². The molecule has 0 N–H and O–H groups in total. The van der Waals surface area contributed by atoms with Gasteiger partial charge in [0.05, 0.1) is 0 Å². The predicted molar refractivity (Wildman–Crippen MR) is 61.7 cm³/mol. The molecule has 12 heavy (non-hydrogen) atoms. The van der Waals surface area contributed by atoms with E-state index in [1.165, 1.54) is 30.1 Å². The average molecular weight is 278 g/mol. The van der Waals surface area contributed by atoms with Crippen molar-refractivity contribution in [3.05, 3.63) is 0 Å². The van der Waals surface area contributed by atoms with Crippen molar-refractivity contribution in [2.45, 2.75) is 51.4 Å². The topological polar surface area (TPSA) is 0 Å². The van der Waals surface area contributed by atoms with Crippen LogP contribution >= 0.6 is 22.6 Å². The highest BCUT2D eigenvalue weighted by Gasteiger charge is 2.40. The zero-order valence-corrected chi connectivity index (χ0v) is 9.98. The standard InChI is InChI=1S/C11H19I/c12-9-11(7-3-4-8-11)10-5-1-2-6-10/h10H,1-9H2. The number of rotatable bonds is 2. The van der Waals surface area contributed by atoms with E-state index >= 15 is 0 Å². The van der Waals surface area contributed by atoms with E-state index in [2.05, 4.69) is 22.6 Å². The Morgan fingerprint density at radius 3 is 2.08 bits per heavy atom. The van der Waals surface area contributed by atoms with Crippen LogP contribution in [0.1, 0.15) is 51.4 Å². The van der Waals surface area contributed by atoms with Crippen LogP contribution in [0.2, 0.25) is 0 Å². The number of alkyl halides is 1. The van der Waals surface area contributed by atoms with Gasteiger partial charge in [-0.25, -0.2) is 0 Å². The Morgan fingerprint density at radius 2 is 1.58 bits per heavy atom. The first-order chi connectivity index (χ1) is 5.87. The van der Waals surface area contributed by atoms with Crippen molar-refractivity contribution in [2.75, 3.05) is 4.43 Å². The van der Waals surface area contributed by atoms with Gasteiger partial charge in [0.15, 0.2) is 0 Å². The van der Waals surface area contributed by atoms with Gasteiger partial charge in [-0.05, 0) is 37.0 Å². The summed E-state index contributed by atoms with van der Waals surface area (Å²) in [5.41, 5.74) is 0.803. The number of halogens is 1. The Hall–Kier alpha value is 0.730. The van der Waals surface area contributed by atoms with E-state index in [1.54, 1.807) is 25.7 Å². The van der Waals surface area contributed by atoms with E-state index in [0.717, 1.165) is 11.3 Å². The quantitative estimate of drug-likeness (QED) is 0.525. The first-order valence-electron chi connectivity index (χ1n) is 5.43. The summed E-state index contributed by atoms with van der Waals surface area (Å²) in [7, 11) is 0. The Labute approximate surface area is 89.6 Å². The Kier molecular flexibility index (Phi) is 2.98. The molecule has 0 bridgehead atoms. The fraction of sp³-hybridized carbons (Fsp3) is 1.00. The molecule has 0 unspecified atom stereocenters. The second-order valence-electron chi connectivity index (χ2n) is 4.68. The molecule has 2 aliphatic rings. The fourth-order valence-corrected chi connectivity index (χ4v) is 4.65. The van der Waals surface area contributed by atoms with E-state index in [4.69, 9.17) is 0 Å². The van der Waals surface area contributed by atoms with Crippen LogP contribution in [0.15, 0.2) is 0 Å². The van der Waals surface area contributed by atoms with E-state index < -0.39 is 0 Å². The molecule has 0 amide bonds. The second-order valence-corrected chi connectivity index (χ2v) is 5.45. The summed E-state index contributed by atoms with van der Waals surface area (Å²) in [5, 5.41) is 0. The van der Waals surface area contributed by atoms with E-state index in [0.29, 0.717) is 0 Å². The number of hydrogen-bond acceptors (Lipinski definition) is 0. The normalized spacial score (nSPS) is 29.8. The molecule has 0 nitrogen and oxygen atoms in total. The highest BCUT2D eigenvalue weighted by atomic mass is 127. The van der Waals surface area contributed by atoms with Crippen LogP contribution in [0, 0.1) is 11.3 Å². The van der Waals surface area contributed by atoms with Gasteiger partial charge in [0.1, 0.15) is 0 Å². The Balaban J connectivity index is 2.04. The van der Waals surface area contributed by atoms with E-state index in [1.807, 2.05) is 0 Å². The first-order valence-corrected chi connectivity index (χ1v) is 6.96. The monoisotopic (exact) mass is 278 g/mol. The maximum Gasteiger partial charge on any atom is 0.00546 e. The molecular weight excluding hydrogens is 259 g/mol. The molecule has 2 aliphatic carbocycles. The van der Waals surface area contributed by atoms with Crippen LogP contribution in [-0.2, 0) is 0 Å². The minimum Gasteiger partial charge on any atom is -0.0858 e. The smallest absolute Gasteiger partial charge is 0.00546 e. The molecule has 2 saturated carbocycles. The molecular formula is C11H19I. The lowest BCUT2D eigenvalue weighted by Gasteiger charge is -2.33. The zero-order valence-electron chi connectivity index (χ0n) is 7.82. The molecule has 2 rings (SSSR count). The van der Waals surface area contributed by atoms with Crippen molar-refractivity contribution in [3.8, 4) is 0 Å². The Bertz CT molecular complexity index is 141. The van der Waals surface area contributed by atoms with Gasteiger partial charge in [-0.3, -0.25) is 0 Å². The van der Waals surface area contributed by atoms with Gasteiger partial charge in [-0.15, -0.1) is 0 Å². The highest BCUT2D eigenvalue weighted by Crippen LogP contribution is 2.51. The fourth-order valence-electron chi connectivity index (χ4n) is 3.27. The Morgan fingerprint density at radius 1 is 1.00 bits per heavy atom. The van der Waals surface area contributed by atoms with Crippen molar-refractivity contribution in [2.24, 2.45) is 11.3 Å². The molecule has 2 fully saturated rings. The summed E-state index contributed by atoms with van der Waals surface area (Å²) in [6, 6.07) is 0. The first kappa shape index (κ1) is 9.29. The van der Waals surface area contributed by atoms with Crippen molar-refractivity contribution in [1.82, 2.24) is 0 Å². The van der Waals surface area contributed by atoms with Gasteiger partial charge in [-0.1, -0.05) is 48.3 Å². The third-order valence-electron chi connectivity index (χ3n) is 4.09. The van der Waals surface area contributed by atoms with Crippen LogP contribution in [0.3, 0.4) is 0 Å². The minimum atomic E-state index is 0.803. The molecule has 0 heterocycles. The average Bonchev–Trinajstić information content (AvgIpc) is 2.76. The summed E-state index contributed by atoms with van der Waals surface area (Å²) in [4.78, 5) is 0. The molecule has 0 aromatic rings. The molecule has 0 atom stereocenters.